The van der Waals surface area contributed by atoms with Gasteiger partial charge >= 0.3 is 0 Å². The second-order valence-corrected chi connectivity index (χ2v) is 5.78. The third kappa shape index (κ3) is 7.55. The van der Waals surface area contributed by atoms with Crippen molar-refractivity contribution in [1.29, 1.82) is 0 Å². The van der Waals surface area contributed by atoms with E-state index in [1.165, 1.54) is 0 Å². The second kappa shape index (κ2) is 11.6. The largest absolute Gasteiger partial charge is 0.493 e. The van der Waals surface area contributed by atoms with Crippen molar-refractivity contribution in [2.45, 2.75) is 27.2 Å². The topological polar surface area (TPSA) is 64.1 Å². The number of hydrogen-bond acceptors (Lipinski definition) is 4. The molecule has 6 heteroatoms. The van der Waals surface area contributed by atoms with Crippen molar-refractivity contribution in [3.05, 3.63) is 18.2 Å². The molecule has 0 aliphatic carbocycles. The lowest BCUT2D eigenvalue weighted by atomic mass is 10.2. The maximum atomic E-state index is 5.57. The van der Waals surface area contributed by atoms with E-state index in [2.05, 4.69) is 29.5 Å². The minimum atomic E-state index is 0.567. The summed E-state index contributed by atoms with van der Waals surface area (Å²) in [4.78, 5) is 4.57. The summed E-state index contributed by atoms with van der Waals surface area (Å²) in [6.07, 6.45) is 0.898. The molecular weight excluding hydrogens is 306 g/mol. The average molecular weight is 337 g/mol. The Balaban J connectivity index is 2.57. The van der Waals surface area contributed by atoms with Crippen LogP contribution >= 0.6 is 0 Å². The lowest BCUT2D eigenvalue weighted by Crippen LogP contribution is -2.30. The van der Waals surface area contributed by atoms with E-state index in [1.807, 2.05) is 25.1 Å². The molecule has 2 N–H and O–H groups in total. The summed E-state index contributed by atoms with van der Waals surface area (Å²) in [6.45, 7) is 9.37. The molecule has 0 saturated heterocycles. The van der Waals surface area contributed by atoms with Gasteiger partial charge < -0.3 is 24.8 Å². The van der Waals surface area contributed by atoms with Crippen molar-refractivity contribution in [3.63, 3.8) is 0 Å². The van der Waals surface area contributed by atoms with Crippen LogP contribution in [-0.2, 0) is 4.74 Å². The van der Waals surface area contributed by atoms with Crippen LogP contribution in [0.3, 0.4) is 0 Å². The number of benzene rings is 1. The molecule has 24 heavy (non-hydrogen) atoms. The number of guanidine groups is 1. The normalized spacial score (nSPS) is 11.5. The van der Waals surface area contributed by atoms with Gasteiger partial charge in [-0.05, 0) is 31.4 Å². The van der Waals surface area contributed by atoms with Crippen LogP contribution in [-0.4, -0.2) is 46.5 Å². The molecule has 1 rings (SSSR count). The number of aliphatic imine (C=N–C) groups is 1. The van der Waals surface area contributed by atoms with Crippen LogP contribution in [0.25, 0.3) is 0 Å². The first kappa shape index (κ1) is 20.1. The van der Waals surface area contributed by atoms with Gasteiger partial charge in [0.05, 0.1) is 14.2 Å². The molecule has 6 nitrogen and oxygen atoms in total. The van der Waals surface area contributed by atoms with Crippen molar-refractivity contribution in [1.82, 2.24) is 5.32 Å². The van der Waals surface area contributed by atoms with E-state index in [4.69, 9.17) is 14.2 Å². The van der Waals surface area contributed by atoms with Crippen LogP contribution in [0.5, 0.6) is 11.5 Å². The van der Waals surface area contributed by atoms with E-state index < -0.39 is 0 Å². The zero-order chi connectivity index (χ0) is 17.8. The molecule has 0 unspecified atom stereocenters. The molecule has 0 aromatic heterocycles. The minimum absolute atomic E-state index is 0.567. The fourth-order valence-corrected chi connectivity index (χ4v) is 2.03. The van der Waals surface area contributed by atoms with Crippen LogP contribution in [0.4, 0.5) is 5.69 Å². The summed E-state index contributed by atoms with van der Waals surface area (Å²) in [5.41, 5.74) is 0.892. The van der Waals surface area contributed by atoms with Crippen LogP contribution in [0.1, 0.15) is 27.2 Å². The monoisotopic (exact) mass is 337 g/mol. The standard InChI is InChI=1S/C18H31N3O3/c1-6-19-18(20-10-7-11-24-13-14(2)3)21-15-8-9-16(22-4)17(12-15)23-5/h8-9,12,14H,6-7,10-11,13H2,1-5H3,(H2,19,20,21). The van der Waals surface area contributed by atoms with Gasteiger partial charge in [0.1, 0.15) is 0 Å². The summed E-state index contributed by atoms with van der Waals surface area (Å²) in [5, 5.41) is 6.51. The predicted octanol–water partition coefficient (Wildman–Crippen LogP) is 3.14. The molecule has 0 spiro atoms. The van der Waals surface area contributed by atoms with E-state index in [9.17, 15) is 0 Å². The van der Waals surface area contributed by atoms with Gasteiger partial charge in [-0.15, -0.1) is 0 Å². The van der Waals surface area contributed by atoms with Crippen molar-refractivity contribution in [3.8, 4) is 11.5 Å². The molecule has 1 aromatic rings. The molecule has 0 amide bonds. The van der Waals surface area contributed by atoms with Crippen LogP contribution in [0, 0.1) is 5.92 Å². The number of methoxy groups -OCH3 is 2. The number of ether oxygens (including phenoxy) is 3. The molecular formula is C18H31N3O3. The van der Waals surface area contributed by atoms with Gasteiger partial charge in [-0.25, -0.2) is 0 Å². The molecule has 136 valence electrons. The zero-order valence-electron chi connectivity index (χ0n) is 15.5. The van der Waals surface area contributed by atoms with Crippen molar-refractivity contribution >= 4 is 11.6 Å². The molecule has 0 fully saturated rings. The van der Waals surface area contributed by atoms with Gasteiger partial charge in [0.15, 0.2) is 17.5 Å². The number of rotatable bonds is 10. The average Bonchev–Trinajstić information content (AvgIpc) is 2.57. The van der Waals surface area contributed by atoms with Gasteiger partial charge in [0.2, 0.25) is 0 Å². The summed E-state index contributed by atoms with van der Waals surface area (Å²) < 4.78 is 16.1. The van der Waals surface area contributed by atoms with E-state index in [1.54, 1.807) is 14.2 Å². The van der Waals surface area contributed by atoms with E-state index in [-0.39, 0.29) is 0 Å². The number of nitrogens with one attached hydrogen (secondary N) is 2. The van der Waals surface area contributed by atoms with Gasteiger partial charge in [-0.2, -0.15) is 0 Å². The highest BCUT2D eigenvalue weighted by Gasteiger charge is 2.06. The molecule has 0 aliphatic heterocycles. The van der Waals surface area contributed by atoms with Gasteiger partial charge in [0, 0.05) is 38.1 Å². The molecule has 0 saturated carbocycles. The summed E-state index contributed by atoms with van der Waals surface area (Å²) >= 11 is 0. The Hall–Kier alpha value is -1.95. The lowest BCUT2D eigenvalue weighted by molar-refractivity contribution is 0.109. The molecule has 0 bridgehead atoms. The first-order valence-electron chi connectivity index (χ1n) is 8.45. The van der Waals surface area contributed by atoms with E-state index in [0.29, 0.717) is 24.0 Å². The number of nitrogens with zero attached hydrogens (tertiary/aromatic N) is 1. The Bertz CT molecular complexity index is 504. The molecule has 0 heterocycles. The Morgan fingerprint density at radius 2 is 1.92 bits per heavy atom. The molecule has 0 atom stereocenters. The SMILES string of the molecule is CCNC(=NCCCOCC(C)C)Nc1ccc(OC)c(OC)c1. The zero-order valence-corrected chi connectivity index (χ0v) is 15.5. The first-order chi connectivity index (χ1) is 11.6. The van der Waals surface area contributed by atoms with Crippen LogP contribution < -0.4 is 20.1 Å². The highest BCUT2D eigenvalue weighted by atomic mass is 16.5. The Morgan fingerprint density at radius 1 is 1.17 bits per heavy atom. The van der Waals surface area contributed by atoms with Crippen molar-refractivity contribution in [2.75, 3.05) is 45.8 Å². The third-order valence-corrected chi connectivity index (χ3v) is 3.16. The third-order valence-electron chi connectivity index (χ3n) is 3.16. The Labute approximate surface area is 145 Å². The lowest BCUT2D eigenvalue weighted by Gasteiger charge is -2.14. The maximum Gasteiger partial charge on any atom is 0.195 e. The smallest absolute Gasteiger partial charge is 0.195 e. The van der Waals surface area contributed by atoms with Crippen molar-refractivity contribution in [2.24, 2.45) is 10.9 Å². The first-order valence-corrected chi connectivity index (χ1v) is 8.45. The van der Waals surface area contributed by atoms with E-state index in [0.717, 1.165) is 37.8 Å². The van der Waals surface area contributed by atoms with Crippen molar-refractivity contribution < 1.29 is 14.2 Å². The molecule has 0 aliphatic rings. The Kier molecular flexibility index (Phi) is 9.68. The summed E-state index contributed by atoms with van der Waals surface area (Å²) in [6, 6.07) is 5.68. The summed E-state index contributed by atoms with van der Waals surface area (Å²) in [7, 11) is 3.25. The molecule has 1 aromatic carbocycles. The van der Waals surface area contributed by atoms with Gasteiger partial charge in [0.25, 0.3) is 0 Å². The molecule has 0 radical (unpaired) electrons. The summed E-state index contributed by atoms with van der Waals surface area (Å²) in [5.74, 6) is 2.69. The highest BCUT2D eigenvalue weighted by Crippen LogP contribution is 2.29. The fourth-order valence-electron chi connectivity index (χ4n) is 2.03. The van der Waals surface area contributed by atoms with Crippen LogP contribution in [0.15, 0.2) is 23.2 Å². The van der Waals surface area contributed by atoms with E-state index >= 15 is 0 Å². The maximum absolute atomic E-state index is 5.57. The van der Waals surface area contributed by atoms with Crippen LogP contribution in [0.2, 0.25) is 0 Å². The fraction of sp³-hybridized carbons (Fsp3) is 0.611. The van der Waals surface area contributed by atoms with Gasteiger partial charge in [-0.1, -0.05) is 13.8 Å². The second-order valence-electron chi connectivity index (χ2n) is 5.78. The predicted molar refractivity (Wildman–Crippen MR) is 99.4 cm³/mol. The highest BCUT2D eigenvalue weighted by molar-refractivity contribution is 5.93. The number of anilines is 1. The quantitative estimate of drug-likeness (QED) is 0.390. The Morgan fingerprint density at radius 3 is 2.54 bits per heavy atom. The minimum Gasteiger partial charge on any atom is -0.493 e. The number of hydrogen-bond donors (Lipinski definition) is 2. The van der Waals surface area contributed by atoms with Gasteiger partial charge in [-0.3, -0.25) is 4.99 Å².